The quantitative estimate of drug-likeness (QED) is 0.0261. The number of ether oxygens (including phenoxy) is 3. The van der Waals surface area contributed by atoms with Gasteiger partial charge in [0, 0.05) is 19.3 Å². The fraction of sp³-hybridized carbons (Fsp3) is 0.779. The van der Waals surface area contributed by atoms with E-state index in [1.165, 1.54) is 218 Å². The third-order valence-electron chi connectivity index (χ3n) is 15.9. The first kappa shape index (κ1) is 79.6. The minimum atomic E-state index is -0.779. The lowest BCUT2D eigenvalue weighted by molar-refractivity contribution is -0.167. The predicted molar refractivity (Wildman–Crippen MR) is 362 cm³/mol. The summed E-state index contributed by atoms with van der Waals surface area (Å²) in [6, 6.07) is 0. The second-order valence-electron chi connectivity index (χ2n) is 24.1. The number of unbranched alkanes of at least 4 members (excludes halogenated alkanes) is 41. The van der Waals surface area contributed by atoms with Gasteiger partial charge in [-0.25, -0.2) is 0 Å². The molecule has 0 amide bonds. The second-order valence-corrected chi connectivity index (χ2v) is 24.1. The molecule has 0 radical (unpaired) electrons. The molecular weight excluding hydrogens is 1020 g/mol. The lowest BCUT2D eigenvalue weighted by Crippen LogP contribution is -2.30. The highest BCUT2D eigenvalue weighted by Crippen LogP contribution is 2.18. The number of carbonyl (C=O) groups excluding carboxylic acids is 3. The van der Waals surface area contributed by atoms with Gasteiger partial charge in [-0.15, -0.1) is 0 Å². The van der Waals surface area contributed by atoms with Crippen molar-refractivity contribution < 1.29 is 28.6 Å². The first-order valence-electron chi connectivity index (χ1n) is 36.1. The van der Waals surface area contributed by atoms with Crippen molar-refractivity contribution >= 4 is 17.9 Å². The van der Waals surface area contributed by atoms with E-state index in [9.17, 15) is 14.4 Å². The molecule has 6 nitrogen and oxygen atoms in total. The summed E-state index contributed by atoms with van der Waals surface area (Å²) in [6.45, 7) is 6.47. The van der Waals surface area contributed by atoms with Crippen molar-refractivity contribution in [1.29, 1.82) is 0 Å². The molecule has 0 N–H and O–H groups in total. The highest BCUT2D eigenvalue weighted by Gasteiger charge is 2.19. The molecular formula is C77H136O6. The van der Waals surface area contributed by atoms with Gasteiger partial charge < -0.3 is 14.2 Å². The van der Waals surface area contributed by atoms with E-state index >= 15 is 0 Å². The van der Waals surface area contributed by atoms with Gasteiger partial charge in [0.2, 0.25) is 0 Å². The number of hydrogen-bond donors (Lipinski definition) is 0. The molecule has 0 aromatic heterocycles. The van der Waals surface area contributed by atoms with Gasteiger partial charge in [-0.2, -0.15) is 0 Å². The molecule has 480 valence electrons. The third-order valence-corrected chi connectivity index (χ3v) is 15.9. The number of esters is 3. The molecule has 0 spiro atoms. The van der Waals surface area contributed by atoms with Gasteiger partial charge in [0.15, 0.2) is 6.10 Å². The summed E-state index contributed by atoms with van der Waals surface area (Å²) < 4.78 is 17.0. The molecule has 1 unspecified atom stereocenters. The third kappa shape index (κ3) is 69.3. The molecule has 0 rings (SSSR count). The van der Waals surface area contributed by atoms with E-state index in [0.29, 0.717) is 19.3 Å². The fourth-order valence-electron chi connectivity index (χ4n) is 10.6. The van der Waals surface area contributed by atoms with Crippen molar-refractivity contribution in [2.24, 2.45) is 0 Å². The largest absolute Gasteiger partial charge is 0.462 e. The Balaban J connectivity index is 4.17. The van der Waals surface area contributed by atoms with Crippen LogP contribution >= 0.6 is 0 Å². The summed E-state index contributed by atoms with van der Waals surface area (Å²) >= 11 is 0. The summed E-state index contributed by atoms with van der Waals surface area (Å²) in [6.07, 6.45) is 94.8. The zero-order valence-electron chi connectivity index (χ0n) is 55.2. The highest BCUT2D eigenvalue weighted by molar-refractivity contribution is 5.71. The van der Waals surface area contributed by atoms with E-state index in [0.717, 1.165) is 109 Å². The van der Waals surface area contributed by atoms with Crippen LogP contribution in [0.3, 0.4) is 0 Å². The van der Waals surface area contributed by atoms with Gasteiger partial charge in [0.25, 0.3) is 0 Å². The average molecular weight is 1160 g/mol. The van der Waals surface area contributed by atoms with Crippen LogP contribution < -0.4 is 0 Å². The van der Waals surface area contributed by atoms with E-state index in [2.05, 4.69) is 106 Å². The van der Waals surface area contributed by atoms with Crippen molar-refractivity contribution in [3.8, 4) is 0 Å². The van der Waals surface area contributed by atoms with Crippen molar-refractivity contribution in [1.82, 2.24) is 0 Å². The van der Waals surface area contributed by atoms with E-state index in [1.807, 2.05) is 0 Å². The van der Waals surface area contributed by atoms with Gasteiger partial charge in [-0.05, 0) is 89.9 Å². The Kier molecular flexibility index (Phi) is 68.2. The van der Waals surface area contributed by atoms with Crippen molar-refractivity contribution in [3.05, 3.63) is 85.1 Å². The van der Waals surface area contributed by atoms with Crippen molar-refractivity contribution in [2.45, 2.75) is 374 Å². The smallest absolute Gasteiger partial charge is 0.306 e. The Labute approximate surface area is 515 Å². The molecule has 0 aliphatic rings. The highest BCUT2D eigenvalue weighted by atomic mass is 16.6. The molecule has 0 aromatic rings. The summed E-state index contributed by atoms with van der Waals surface area (Å²) in [5.41, 5.74) is 0. The van der Waals surface area contributed by atoms with Crippen LogP contribution in [0.25, 0.3) is 0 Å². The predicted octanol–water partition coefficient (Wildman–Crippen LogP) is 25.0. The molecule has 0 fully saturated rings. The monoisotopic (exact) mass is 1160 g/mol. The van der Waals surface area contributed by atoms with Crippen LogP contribution in [-0.4, -0.2) is 37.2 Å². The van der Waals surface area contributed by atoms with E-state index in [-0.39, 0.29) is 31.1 Å². The molecule has 0 saturated heterocycles. The average Bonchev–Trinajstić information content (AvgIpc) is 3.49. The molecule has 0 saturated carbocycles. The first-order valence-corrected chi connectivity index (χ1v) is 36.1. The topological polar surface area (TPSA) is 78.9 Å². The Morgan fingerprint density at radius 2 is 0.470 bits per heavy atom. The van der Waals surface area contributed by atoms with Crippen molar-refractivity contribution in [2.75, 3.05) is 13.2 Å². The number of allylic oxidation sites excluding steroid dienone is 14. The van der Waals surface area contributed by atoms with Crippen LogP contribution in [-0.2, 0) is 28.6 Å². The Bertz CT molecular complexity index is 1570. The van der Waals surface area contributed by atoms with Crippen LogP contribution in [0.5, 0.6) is 0 Å². The Morgan fingerprint density at radius 1 is 0.253 bits per heavy atom. The van der Waals surface area contributed by atoms with Crippen molar-refractivity contribution in [3.63, 3.8) is 0 Å². The minimum absolute atomic E-state index is 0.0744. The van der Waals surface area contributed by atoms with E-state index in [4.69, 9.17) is 14.2 Å². The van der Waals surface area contributed by atoms with E-state index < -0.39 is 6.10 Å². The van der Waals surface area contributed by atoms with Gasteiger partial charge in [-0.1, -0.05) is 343 Å². The second kappa shape index (κ2) is 71.1. The maximum atomic E-state index is 12.9. The fourth-order valence-corrected chi connectivity index (χ4v) is 10.6. The molecule has 0 bridgehead atoms. The molecule has 0 heterocycles. The first-order chi connectivity index (χ1) is 41.0. The summed E-state index contributed by atoms with van der Waals surface area (Å²) in [4.78, 5) is 38.4. The number of carbonyl (C=O) groups is 3. The zero-order chi connectivity index (χ0) is 59.9. The van der Waals surface area contributed by atoms with Gasteiger partial charge >= 0.3 is 17.9 Å². The Morgan fingerprint density at radius 3 is 0.735 bits per heavy atom. The molecule has 83 heavy (non-hydrogen) atoms. The molecule has 1 atom stereocenters. The number of hydrogen-bond acceptors (Lipinski definition) is 6. The maximum Gasteiger partial charge on any atom is 0.306 e. The molecule has 6 heteroatoms. The standard InChI is InChI=1S/C77H136O6/c1-4-7-10-13-16-19-22-25-28-30-31-32-33-34-35-36-37-38-39-40-41-42-43-44-45-47-49-52-55-58-61-64-67-70-76(79)82-73-74(72-81-75(78)69-66-63-60-57-54-51-48-27-24-21-18-15-12-9-6-3)83-77(80)71-68-65-62-59-56-53-50-46-29-26-23-20-17-14-11-8-5-2/h7-8,10-11,16-17,19-20,25-26,28-29,31-32,74H,4-6,9,12-15,18,21-24,27,30,33-73H2,1-3H3/b10-7-,11-8-,19-16-,20-17-,28-25-,29-26-,32-31-. The summed E-state index contributed by atoms with van der Waals surface area (Å²) in [5.74, 6) is -0.861. The molecule has 0 aromatic carbocycles. The van der Waals surface area contributed by atoms with Crippen LogP contribution in [0.15, 0.2) is 85.1 Å². The lowest BCUT2D eigenvalue weighted by Gasteiger charge is -2.18. The summed E-state index contributed by atoms with van der Waals surface area (Å²) in [5, 5.41) is 0. The normalized spacial score (nSPS) is 12.6. The van der Waals surface area contributed by atoms with Crippen LogP contribution in [0.4, 0.5) is 0 Å². The van der Waals surface area contributed by atoms with Crippen LogP contribution in [0.1, 0.15) is 367 Å². The van der Waals surface area contributed by atoms with Gasteiger partial charge in [-0.3, -0.25) is 14.4 Å². The van der Waals surface area contributed by atoms with Crippen LogP contribution in [0, 0.1) is 0 Å². The SMILES string of the molecule is CC/C=C\C/C=C\C/C=C\C/C=C\CCCCCCCCCCCCCCCCCCCCCCC(=O)OCC(COC(=O)CCCCCCCCCCCCCCCCC)OC(=O)CCCCCCCCC/C=C\C/C=C\C/C=C\CC. The van der Waals surface area contributed by atoms with Gasteiger partial charge in [0.05, 0.1) is 0 Å². The summed E-state index contributed by atoms with van der Waals surface area (Å²) in [7, 11) is 0. The van der Waals surface area contributed by atoms with Gasteiger partial charge in [0.1, 0.15) is 13.2 Å². The lowest BCUT2D eigenvalue weighted by atomic mass is 10.0. The number of rotatable bonds is 66. The van der Waals surface area contributed by atoms with Crippen LogP contribution in [0.2, 0.25) is 0 Å². The minimum Gasteiger partial charge on any atom is -0.462 e. The van der Waals surface area contributed by atoms with E-state index in [1.54, 1.807) is 0 Å². The maximum absolute atomic E-state index is 12.9. The molecule has 0 aliphatic heterocycles. The Hall–Kier alpha value is -3.41. The molecule has 0 aliphatic carbocycles. The zero-order valence-corrected chi connectivity index (χ0v) is 55.2.